The fourth-order valence-corrected chi connectivity index (χ4v) is 2.81. The van der Waals surface area contributed by atoms with Crippen molar-refractivity contribution >= 4 is 22.6 Å². The monoisotopic (exact) mass is 353 g/mol. The quantitative estimate of drug-likeness (QED) is 0.425. The molecule has 2 heterocycles. The van der Waals surface area contributed by atoms with Crippen LogP contribution in [0.4, 0.5) is 5.82 Å². The largest absolute Gasteiger partial charge is 0.259 e. The predicted octanol–water partition coefficient (Wildman–Crippen LogP) is 4.45. The molecule has 4 rings (SSSR count). The molecule has 0 amide bonds. The van der Waals surface area contributed by atoms with Gasteiger partial charge in [-0.15, -0.1) is 0 Å². The zero-order chi connectivity index (χ0) is 18.5. The van der Waals surface area contributed by atoms with Gasteiger partial charge in [-0.3, -0.25) is 10.4 Å². The summed E-state index contributed by atoms with van der Waals surface area (Å²) >= 11 is 0. The molecule has 0 aliphatic carbocycles. The van der Waals surface area contributed by atoms with Crippen LogP contribution in [0.15, 0.2) is 84.1 Å². The van der Waals surface area contributed by atoms with Crippen LogP contribution < -0.4 is 5.43 Å². The van der Waals surface area contributed by atoms with Gasteiger partial charge in [-0.2, -0.15) is 5.10 Å². The molecule has 0 aliphatic heterocycles. The molecule has 0 saturated heterocycles. The summed E-state index contributed by atoms with van der Waals surface area (Å²) in [5.74, 6) is 0.660. The van der Waals surface area contributed by atoms with Gasteiger partial charge in [-0.1, -0.05) is 48.5 Å². The van der Waals surface area contributed by atoms with Gasteiger partial charge in [0, 0.05) is 12.6 Å². The van der Waals surface area contributed by atoms with E-state index < -0.39 is 0 Å². The van der Waals surface area contributed by atoms with E-state index in [0.29, 0.717) is 12.2 Å². The Balaban J connectivity index is 1.70. The zero-order valence-electron chi connectivity index (χ0n) is 15.0. The van der Waals surface area contributed by atoms with E-state index in [1.54, 1.807) is 6.20 Å². The van der Waals surface area contributed by atoms with Gasteiger partial charge in [0.15, 0.2) is 5.82 Å². The Bertz CT molecular complexity index is 1080. The number of pyridine rings is 1. The van der Waals surface area contributed by atoms with E-state index in [-0.39, 0.29) is 0 Å². The van der Waals surface area contributed by atoms with Crippen molar-refractivity contribution in [2.45, 2.75) is 13.3 Å². The third kappa shape index (κ3) is 3.98. The smallest absolute Gasteiger partial charge is 0.169 e. The molecule has 132 valence electrons. The minimum Gasteiger partial charge on any atom is -0.259 e. The lowest BCUT2D eigenvalue weighted by atomic mass is 10.1. The van der Waals surface area contributed by atoms with Gasteiger partial charge >= 0.3 is 0 Å². The van der Waals surface area contributed by atoms with Crippen molar-refractivity contribution in [1.29, 1.82) is 0 Å². The van der Waals surface area contributed by atoms with Crippen LogP contribution in [-0.4, -0.2) is 20.7 Å². The Morgan fingerprint density at radius 1 is 0.852 bits per heavy atom. The molecule has 0 atom stereocenters. The average Bonchev–Trinajstić information content (AvgIpc) is 2.73. The van der Waals surface area contributed by atoms with Crippen LogP contribution in [0.3, 0.4) is 0 Å². The van der Waals surface area contributed by atoms with Crippen LogP contribution in [0, 0.1) is 0 Å². The van der Waals surface area contributed by atoms with Crippen molar-refractivity contribution in [3.63, 3.8) is 0 Å². The zero-order valence-corrected chi connectivity index (χ0v) is 15.0. The Kier molecular flexibility index (Phi) is 4.83. The number of anilines is 1. The highest BCUT2D eigenvalue weighted by Gasteiger charge is 2.10. The fourth-order valence-electron chi connectivity index (χ4n) is 2.81. The number of nitrogens with zero attached hydrogens (tertiary/aromatic N) is 4. The number of benzene rings is 2. The van der Waals surface area contributed by atoms with E-state index in [9.17, 15) is 0 Å². The summed E-state index contributed by atoms with van der Waals surface area (Å²) < 4.78 is 0. The minimum absolute atomic E-state index is 0.660. The molecule has 2 aromatic heterocycles. The summed E-state index contributed by atoms with van der Waals surface area (Å²) in [4.78, 5) is 13.9. The molecule has 5 nitrogen and oxygen atoms in total. The number of hydrogen-bond acceptors (Lipinski definition) is 5. The van der Waals surface area contributed by atoms with Gasteiger partial charge in [0.25, 0.3) is 0 Å². The molecule has 0 spiro atoms. The van der Waals surface area contributed by atoms with Crippen LogP contribution in [0.1, 0.15) is 23.9 Å². The van der Waals surface area contributed by atoms with Crippen molar-refractivity contribution in [2.24, 2.45) is 5.10 Å². The Hall–Kier alpha value is -3.60. The van der Waals surface area contributed by atoms with Crippen LogP contribution in [0.2, 0.25) is 0 Å². The first-order chi connectivity index (χ1) is 13.3. The van der Waals surface area contributed by atoms with Crippen LogP contribution in [-0.2, 0) is 6.42 Å². The van der Waals surface area contributed by atoms with Crippen molar-refractivity contribution < 1.29 is 0 Å². The molecule has 0 radical (unpaired) electrons. The van der Waals surface area contributed by atoms with E-state index in [1.165, 1.54) is 5.56 Å². The number of aromatic nitrogens is 3. The number of hydrogen-bond donors (Lipinski definition) is 1. The molecule has 1 N–H and O–H groups in total. The van der Waals surface area contributed by atoms with Gasteiger partial charge in [0.05, 0.1) is 28.1 Å². The molecule has 27 heavy (non-hydrogen) atoms. The molecule has 4 aromatic rings. The average molecular weight is 353 g/mol. The molecule has 0 unspecified atom stereocenters. The van der Waals surface area contributed by atoms with Crippen molar-refractivity contribution in [2.75, 3.05) is 5.43 Å². The van der Waals surface area contributed by atoms with Gasteiger partial charge in [0.1, 0.15) is 0 Å². The summed E-state index contributed by atoms with van der Waals surface area (Å²) in [6, 6.07) is 23.9. The summed E-state index contributed by atoms with van der Waals surface area (Å²) in [6.07, 6.45) is 2.43. The molecule has 5 heteroatoms. The van der Waals surface area contributed by atoms with Gasteiger partial charge in [-0.05, 0) is 36.8 Å². The van der Waals surface area contributed by atoms with Crippen molar-refractivity contribution in [3.05, 3.63) is 95.9 Å². The van der Waals surface area contributed by atoms with E-state index in [0.717, 1.165) is 28.1 Å². The van der Waals surface area contributed by atoms with Crippen LogP contribution >= 0.6 is 0 Å². The second-order valence-corrected chi connectivity index (χ2v) is 6.19. The summed E-state index contributed by atoms with van der Waals surface area (Å²) in [7, 11) is 0. The number of fused-ring (bicyclic) bond motifs is 1. The Morgan fingerprint density at radius 3 is 2.30 bits per heavy atom. The lowest BCUT2D eigenvalue weighted by molar-refractivity contribution is 1.05. The lowest BCUT2D eigenvalue weighted by Gasteiger charge is -2.10. The lowest BCUT2D eigenvalue weighted by Crippen LogP contribution is -2.06. The SMILES string of the molecule is C/C(=N\Nc1nc2ccccc2nc1Cc1ccccc1)c1ccccn1. The Labute approximate surface area is 157 Å². The highest BCUT2D eigenvalue weighted by atomic mass is 15.3. The molecule has 0 saturated carbocycles. The topological polar surface area (TPSA) is 63.1 Å². The third-order valence-electron chi connectivity index (χ3n) is 4.22. The minimum atomic E-state index is 0.660. The van der Waals surface area contributed by atoms with Gasteiger partial charge in [0.2, 0.25) is 0 Å². The number of rotatable bonds is 5. The number of para-hydroxylation sites is 2. The summed E-state index contributed by atoms with van der Waals surface area (Å²) in [5.41, 5.74) is 8.45. The highest BCUT2D eigenvalue weighted by Crippen LogP contribution is 2.20. The van der Waals surface area contributed by atoms with E-state index in [1.807, 2.05) is 67.6 Å². The van der Waals surface area contributed by atoms with Crippen LogP contribution in [0.5, 0.6) is 0 Å². The second-order valence-electron chi connectivity index (χ2n) is 6.19. The summed E-state index contributed by atoms with van der Waals surface area (Å²) in [6.45, 7) is 1.92. The maximum Gasteiger partial charge on any atom is 0.169 e. The predicted molar refractivity (Wildman–Crippen MR) is 109 cm³/mol. The van der Waals surface area contributed by atoms with Crippen LogP contribution in [0.25, 0.3) is 11.0 Å². The van der Waals surface area contributed by atoms with Gasteiger partial charge < -0.3 is 0 Å². The molecular weight excluding hydrogens is 334 g/mol. The fraction of sp³-hybridized carbons (Fsp3) is 0.0909. The maximum absolute atomic E-state index is 4.81. The standard InChI is InChI=1S/C22H19N5/c1-16(18-11-7-8-14-23-18)26-27-22-21(15-17-9-3-2-4-10-17)24-19-12-5-6-13-20(19)25-22/h2-14H,15H2,1H3,(H,25,27)/b26-16+. The first-order valence-electron chi connectivity index (χ1n) is 8.81. The molecule has 0 aliphatic rings. The summed E-state index contributed by atoms with van der Waals surface area (Å²) in [5, 5.41) is 4.48. The molecule has 0 fully saturated rings. The van der Waals surface area contributed by atoms with E-state index in [4.69, 9.17) is 9.97 Å². The Morgan fingerprint density at radius 2 is 1.56 bits per heavy atom. The molecule has 0 bridgehead atoms. The van der Waals surface area contributed by atoms with Gasteiger partial charge in [-0.25, -0.2) is 9.97 Å². The van der Waals surface area contributed by atoms with Crippen molar-refractivity contribution in [3.8, 4) is 0 Å². The van der Waals surface area contributed by atoms with E-state index in [2.05, 4.69) is 27.6 Å². The molecular formula is C22H19N5. The first kappa shape index (κ1) is 16.8. The maximum atomic E-state index is 4.81. The number of nitrogens with one attached hydrogen (secondary N) is 1. The number of hydrazone groups is 1. The van der Waals surface area contributed by atoms with E-state index >= 15 is 0 Å². The van der Waals surface area contributed by atoms with Crippen molar-refractivity contribution in [1.82, 2.24) is 15.0 Å². The normalized spacial score (nSPS) is 11.5. The molecule has 2 aromatic carbocycles. The highest BCUT2D eigenvalue weighted by molar-refractivity contribution is 5.97. The third-order valence-corrected chi connectivity index (χ3v) is 4.22. The second kappa shape index (κ2) is 7.74. The first-order valence-corrected chi connectivity index (χ1v) is 8.81.